The van der Waals surface area contributed by atoms with Gasteiger partial charge >= 0.3 is 0 Å². The fraction of sp³-hybridized carbons (Fsp3) is 0.0625. The van der Waals surface area contributed by atoms with Crippen LogP contribution in [0.15, 0.2) is 54.2 Å². The summed E-state index contributed by atoms with van der Waals surface area (Å²) in [5.74, 6) is 0.474. The van der Waals surface area contributed by atoms with Crippen LogP contribution in [0.25, 0.3) is 6.08 Å². The Labute approximate surface area is 122 Å². The molecule has 1 amide bonds. The van der Waals surface area contributed by atoms with E-state index in [4.69, 9.17) is 10.00 Å². The minimum absolute atomic E-state index is 0.0230. The number of anilines is 1. The van der Waals surface area contributed by atoms with Gasteiger partial charge in [0.25, 0.3) is 5.91 Å². The SMILES string of the molecule is COc1ccccc1C=C(C#N)C(=O)Nc1ccccn1. The molecule has 0 bridgehead atoms. The molecule has 0 radical (unpaired) electrons. The minimum Gasteiger partial charge on any atom is -0.496 e. The number of hydrogen-bond donors (Lipinski definition) is 1. The number of nitrogens with one attached hydrogen (secondary N) is 1. The van der Waals surface area contributed by atoms with Crippen LogP contribution in [0.4, 0.5) is 5.82 Å². The summed E-state index contributed by atoms with van der Waals surface area (Å²) in [6.45, 7) is 0. The first-order valence-corrected chi connectivity index (χ1v) is 6.22. The van der Waals surface area contributed by atoms with Crippen LogP contribution in [0.1, 0.15) is 5.56 Å². The first-order chi connectivity index (χ1) is 10.2. The van der Waals surface area contributed by atoms with E-state index in [2.05, 4.69) is 10.3 Å². The number of ether oxygens (including phenoxy) is 1. The molecule has 5 nitrogen and oxygen atoms in total. The van der Waals surface area contributed by atoms with Crippen molar-refractivity contribution in [1.29, 1.82) is 5.26 Å². The van der Waals surface area contributed by atoms with E-state index >= 15 is 0 Å². The van der Waals surface area contributed by atoms with E-state index in [1.165, 1.54) is 13.2 Å². The zero-order valence-corrected chi connectivity index (χ0v) is 11.4. The Kier molecular flexibility index (Phi) is 4.67. The quantitative estimate of drug-likeness (QED) is 0.689. The van der Waals surface area contributed by atoms with Gasteiger partial charge in [0.05, 0.1) is 7.11 Å². The molecule has 0 unspecified atom stereocenters. The number of aromatic nitrogens is 1. The molecule has 0 atom stereocenters. The lowest BCUT2D eigenvalue weighted by Crippen LogP contribution is -2.14. The second-order valence-corrected chi connectivity index (χ2v) is 4.08. The van der Waals surface area contributed by atoms with E-state index in [9.17, 15) is 4.79 Å². The number of amides is 1. The molecular weight excluding hydrogens is 266 g/mol. The van der Waals surface area contributed by atoms with Crippen LogP contribution >= 0.6 is 0 Å². The number of para-hydroxylation sites is 1. The number of carbonyl (C=O) groups excluding carboxylic acids is 1. The third kappa shape index (κ3) is 3.67. The molecule has 104 valence electrons. The standard InChI is InChI=1S/C16H13N3O2/c1-21-14-7-3-2-6-12(14)10-13(11-17)16(20)19-15-8-4-5-9-18-15/h2-10H,1H3,(H,18,19,20). The summed E-state index contributed by atoms with van der Waals surface area (Å²) in [6, 6.07) is 14.2. The molecule has 0 saturated heterocycles. The van der Waals surface area contributed by atoms with Crippen molar-refractivity contribution in [1.82, 2.24) is 4.98 Å². The maximum atomic E-state index is 12.1. The molecule has 0 aliphatic carbocycles. The zero-order chi connectivity index (χ0) is 15.1. The Hall–Kier alpha value is -3.13. The van der Waals surface area contributed by atoms with E-state index in [1.54, 1.807) is 42.6 Å². The molecule has 0 aliphatic rings. The molecular formula is C16H13N3O2. The lowest BCUT2D eigenvalue weighted by Gasteiger charge is -2.05. The van der Waals surface area contributed by atoms with Gasteiger partial charge in [-0.05, 0) is 24.3 Å². The van der Waals surface area contributed by atoms with E-state index < -0.39 is 5.91 Å². The molecule has 2 rings (SSSR count). The molecule has 0 saturated carbocycles. The highest BCUT2D eigenvalue weighted by atomic mass is 16.5. The van der Waals surface area contributed by atoms with Crippen molar-refractivity contribution in [3.8, 4) is 11.8 Å². The molecule has 0 aliphatic heterocycles. The monoisotopic (exact) mass is 279 g/mol. The number of methoxy groups -OCH3 is 1. The smallest absolute Gasteiger partial charge is 0.267 e. The zero-order valence-electron chi connectivity index (χ0n) is 11.4. The highest BCUT2D eigenvalue weighted by Gasteiger charge is 2.11. The lowest BCUT2D eigenvalue weighted by molar-refractivity contribution is -0.112. The Bertz CT molecular complexity index is 703. The van der Waals surface area contributed by atoms with Gasteiger partial charge in [0, 0.05) is 11.8 Å². The number of carbonyl (C=O) groups is 1. The maximum absolute atomic E-state index is 12.1. The molecule has 0 fully saturated rings. The van der Waals surface area contributed by atoms with Gasteiger partial charge in [0.2, 0.25) is 0 Å². The summed E-state index contributed by atoms with van der Waals surface area (Å²) in [5.41, 5.74) is 0.637. The van der Waals surface area contributed by atoms with E-state index in [1.807, 2.05) is 12.1 Å². The van der Waals surface area contributed by atoms with Gasteiger partial charge in [-0.25, -0.2) is 4.98 Å². The van der Waals surface area contributed by atoms with Crippen molar-refractivity contribution in [2.75, 3.05) is 12.4 Å². The van der Waals surface area contributed by atoms with Crippen molar-refractivity contribution < 1.29 is 9.53 Å². The topological polar surface area (TPSA) is 75.0 Å². The van der Waals surface area contributed by atoms with Gasteiger partial charge in [-0.2, -0.15) is 5.26 Å². The van der Waals surface area contributed by atoms with Crippen LogP contribution in [-0.2, 0) is 4.79 Å². The summed E-state index contributed by atoms with van der Waals surface area (Å²) in [7, 11) is 1.53. The summed E-state index contributed by atoms with van der Waals surface area (Å²) in [4.78, 5) is 16.0. The number of benzene rings is 1. The third-order valence-corrected chi connectivity index (χ3v) is 2.71. The highest BCUT2D eigenvalue weighted by Crippen LogP contribution is 2.20. The van der Waals surface area contributed by atoms with Crippen molar-refractivity contribution in [3.63, 3.8) is 0 Å². The van der Waals surface area contributed by atoms with Crippen molar-refractivity contribution in [3.05, 3.63) is 59.8 Å². The molecule has 1 N–H and O–H groups in total. The van der Waals surface area contributed by atoms with Crippen LogP contribution in [0.2, 0.25) is 0 Å². The first kappa shape index (κ1) is 14.3. The summed E-state index contributed by atoms with van der Waals surface area (Å²) < 4.78 is 5.19. The number of nitrogens with zero attached hydrogens (tertiary/aromatic N) is 2. The predicted molar refractivity (Wildman–Crippen MR) is 79.5 cm³/mol. The van der Waals surface area contributed by atoms with E-state index in [-0.39, 0.29) is 5.57 Å². The van der Waals surface area contributed by atoms with Crippen LogP contribution in [-0.4, -0.2) is 18.0 Å². The van der Waals surface area contributed by atoms with Gasteiger partial charge in [-0.15, -0.1) is 0 Å². The van der Waals surface area contributed by atoms with Crippen LogP contribution in [0, 0.1) is 11.3 Å². The molecule has 21 heavy (non-hydrogen) atoms. The average Bonchev–Trinajstić information content (AvgIpc) is 2.53. The van der Waals surface area contributed by atoms with Crippen molar-refractivity contribution in [2.45, 2.75) is 0 Å². The Morgan fingerprint density at radius 3 is 2.71 bits per heavy atom. The van der Waals surface area contributed by atoms with Crippen LogP contribution in [0.3, 0.4) is 0 Å². The summed E-state index contributed by atoms with van der Waals surface area (Å²) in [6.07, 6.45) is 3.04. The molecule has 1 aromatic heterocycles. The van der Waals surface area contributed by atoms with Crippen molar-refractivity contribution in [2.24, 2.45) is 0 Å². The maximum Gasteiger partial charge on any atom is 0.267 e. The predicted octanol–water partition coefficient (Wildman–Crippen LogP) is 2.64. The van der Waals surface area contributed by atoms with E-state index in [0.717, 1.165) is 0 Å². The van der Waals surface area contributed by atoms with Crippen molar-refractivity contribution >= 4 is 17.8 Å². The largest absolute Gasteiger partial charge is 0.496 e. The van der Waals surface area contributed by atoms with Gasteiger partial charge in [0.1, 0.15) is 23.2 Å². The minimum atomic E-state index is -0.512. The van der Waals surface area contributed by atoms with E-state index in [0.29, 0.717) is 17.1 Å². The molecule has 5 heteroatoms. The fourth-order valence-electron chi connectivity index (χ4n) is 1.71. The molecule has 2 aromatic rings. The average molecular weight is 279 g/mol. The molecule has 1 aromatic carbocycles. The Balaban J connectivity index is 2.25. The second kappa shape index (κ2) is 6.87. The Morgan fingerprint density at radius 2 is 2.05 bits per heavy atom. The fourth-order valence-corrected chi connectivity index (χ4v) is 1.71. The molecule has 1 heterocycles. The normalized spacial score (nSPS) is 10.6. The lowest BCUT2D eigenvalue weighted by atomic mass is 10.1. The van der Waals surface area contributed by atoms with Crippen LogP contribution in [0.5, 0.6) is 5.75 Å². The number of rotatable bonds is 4. The molecule has 0 spiro atoms. The van der Waals surface area contributed by atoms with Gasteiger partial charge in [-0.1, -0.05) is 24.3 Å². The van der Waals surface area contributed by atoms with Gasteiger partial charge < -0.3 is 10.1 Å². The highest BCUT2D eigenvalue weighted by molar-refractivity contribution is 6.09. The number of nitriles is 1. The third-order valence-electron chi connectivity index (χ3n) is 2.71. The van der Waals surface area contributed by atoms with Gasteiger partial charge in [-0.3, -0.25) is 4.79 Å². The van der Waals surface area contributed by atoms with Crippen LogP contribution < -0.4 is 10.1 Å². The summed E-state index contributed by atoms with van der Waals surface area (Å²) >= 11 is 0. The number of pyridine rings is 1. The second-order valence-electron chi connectivity index (χ2n) is 4.08. The Morgan fingerprint density at radius 1 is 1.29 bits per heavy atom. The van der Waals surface area contributed by atoms with Gasteiger partial charge in [0.15, 0.2) is 0 Å². The first-order valence-electron chi connectivity index (χ1n) is 6.22. The number of hydrogen-bond acceptors (Lipinski definition) is 4. The summed E-state index contributed by atoms with van der Waals surface area (Å²) in [5, 5.41) is 11.7.